The SMILES string of the molecule is CC(C)C(CI)NCCc1cccs1. The minimum absolute atomic E-state index is 0.663. The third kappa shape index (κ3) is 4.28. The molecule has 0 spiro atoms. The predicted octanol–water partition coefficient (Wildman–Crippen LogP) is 3.34. The van der Waals surface area contributed by atoms with Gasteiger partial charge in [-0.25, -0.2) is 0 Å². The number of nitrogens with one attached hydrogen (secondary N) is 1. The molecule has 0 aliphatic heterocycles. The quantitative estimate of drug-likeness (QED) is 0.625. The van der Waals surface area contributed by atoms with Crippen LogP contribution in [-0.2, 0) is 6.42 Å². The Labute approximate surface area is 104 Å². The second kappa shape index (κ2) is 6.80. The van der Waals surface area contributed by atoms with Gasteiger partial charge in [-0.1, -0.05) is 42.5 Å². The molecule has 1 nitrogen and oxygen atoms in total. The first-order chi connectivity index (χ1) is 6.74. The standard InChI is InChI=1S/C11H18INS/c1-9(2)11(8-12)13-6-5-10-4-3-7-14-10/h3-4,7,9,11,13H,5-6,8H2,1-2H3. The van der Waals surface area contributed by atoms with Gasteiger partial charge in [0.2, 0.25) is 0 Å². The molecule has 1 unspecified atom stereocenters. The van der Waals surface area contributed by atoms with Gasteiger partial charge in [-0.2, -0.15) is 0 Å². The van der Waals surface area contributed by atoms with Gasteiger partial charge in [0.25, 0.3) is 0 Å². The number of thiophene rings is 1. The third-order valence-corrected chi connectivity index (χ3v) is 4.21. The molecule has 1 N–H and O–H groups in total. The van der Waals surface area contributed by atoms with Crippen molar-refractivity contribution in [3.05, 3.63) is 22.4 Å². The summed E-state index contributed by atoms with van der Waals surface area (Å²) in [6, 6.07) is 4.99. The van der Waals surface area contributed by atoms with E-state index in [0.717, 1.165) is 18.9 Å². The molecule has 0 aliphatic carbocycles. The summed E-state index contributed by atoms with van der Waals surface area (Å²) >= 11 is 4.31. The summed E-state index contributed by atoms with van der Waals surface area (Å²) in [5.41, 5.74) is 0. The van der Waals surface area contributed by atoms with E-state index in [4.69, 9.17) is 0 Å². The van der Waals surface area contributed by atoms with Crippen LogP contribution in [0.25, 0.3) is 0 Å². The summed E-state index contributed by atoms with van der Waals surface area (Å²) in [6.07, 6.45) is 1.16. The molecular formula is C11H18INS. The summed E-state index contributed by atoms with van der Waals surface area (Å²) in [6.45, 7) is 5.66. The van der Waals surface area contributed by atoms with E-state index < -0.39 is 0 Å². The number of hydrogen-bond donors (Lipinski definition) is 1. The highest BCUT2D eigenvalue weighted by Crippen LogP contribution is 2.09. The van der Waals surface area contributed by atoms with Crippen molar-refractivity contribution in [2.45, 2.75) is 26.3 Å². The zero-order chi connectivity index (χ0) is 10.4. The largest absolute Gasteiger partial charge is 0.313 e. The highest BCUT2D eigenvalue weighted by Gasteiger charge is 2.09. The van der Waals surface area contributed by atoms with Crippen LogP contribution in [0.2, 0.25) is 0 Å². The van der Waals surface area contributed by atoms with Crippen LogP contribution in [0.5, 0.6) is 0 Å². The van der Waals surface area contributed by atoms with Crippen molar-refractivity contribution >= 4 is 33.9 Å². The van der Waals surface area contributed by atoms with Crippen LogP contribution in [0, 0.1) is 5.92 Å². The normalized spacial score (nSPS) is 13.4. The van der Waals surface area contributed by atoms with Gasteiger partial charge >= 0.3 is 0 Å². The van der Waals surface area contributed by atoms with Crippen molar-refractivity contribution in [1.29, 1.82) is 0 Å². The van der Waals surface area contributed by atoms with Crippen LogP contribution < -0.4 is 5.32 Å². The van der Waals surface area contributed by atoms with Crippen molar-refractivity contribution < 1.29 is 0 Å². The van der Waals surface area contributed by atoms with E-state index in [0.29, 0.717) is 6.04 Å². The second-order valence-electron chi connectivity index (χ2n) is 3.79. The fraction of sp³-hybridized carbons (Fsp3) is 0.636. The Kier molecular flexibility index (Phi) is 6.05. The fourth-order valence-electron chi connectivity index (χ4n) is 1.30. The molecule has 3 heteroatoms. The first-order valence-electron chi connectivity index (χ1n) is 5.05. The van der Waals surface area contributed by atoms with Crippen LogP contribution in [0.15, 0.2) is 17.5 Å². The van der Waals surface area contributed by atoms with Crippen LogP contribution in [0.3, 0.4) is 0 Å². The average Bonchev–Trinajstić information content (AvgIpc) is 2.64. The molecule has 14 heavy (non-hydrogen) atoms. The van der Waals surface area contributed by atoms with E-state index in [1.54, 1.807) is 0 Å². The molecule has 1 aromatic heterocycles. The maximum absolute atomic E-state index is 3.61. The molecule has 0 saturated carbocycles. The van der Waals surface area contributed by atoms with Gasteiger partial charge in [0.1, 0.15) is 0 Å². The molecule has 80 valence electrons. The van der Waals surface area contributed by atoms with E-state index in [1.165, 1.54) is 9.30 Å². The third-order valence-electron chi connectivity index (χ3n) is 2.33. The first kappa shape index (κ1) is 12.5. The molecule has 1 heterocycles. The zero-order valence-electron chi connectivity index (χ0n) is 8.79. The zero-order valence-corrected chi connectivity index (χ0v) is 11.8. The monoisotopic (exact) mass is 323 g/mol. The number of hydrogen-bond acceptors (Lipinski definition) is 2. The maximum Gasteiger partial charge on any atom is 0.0180 e. The molecule has 0 bridgehead atoms. The molecule has 0 fully saturated rings. The lowest BCUT2D eigenvalue weighted by molar-refractivity contribution is 0.441. The Bertz CT molecular complexity index is 233. The van der Waals surface area contributed by atoms with Gasteiger partial charge in [0, 0.05) is 21.9 Å². The minimum Gasteiger partial charge on any atom is -0.313 e. The van der Waals surface area contributed by atoms with Gasteiger partial charge in [-0.3, -0.25) is 0 Å². The van der Waals surface area contributed by atoms with Gasteiger partial charge in [0.15, 0.2) is 0 Å². The van der Waals surface area contributed by atoms with E-state index in [9.17, 15) is 0 Å². The second-order valence-corrected chi connectivity index (χ2v) is 5.70. The summed E-state index contributed by atoms with van der Waals surface area (Å²) in [5.74, 6) is 0.732. The summed E-state index contributed by atoms with van der Waals surface area (Å²) in [7, 11) is 0. The topological polar surface area (TPSA) is 12.0 Å². The average molecular weight is 323 g/mol. The fourth-order valence-corrected chi connectivity index (χ4v) is 3.34. The number of alkyl halides is 1. The van der Waals surface area contributed by atoms with E-state index in [-0.39, 0.29) is 0 Å². The highest BCUT2D eigenvalue weighted by atomic mass is 127. The Morgan fingerprint density at radius 3 is 2.79 bits per heavy atom. The molecule has 1 atom stereocenters. The lowest BCUT2D eigenvalue weighted by atomic mass is 10.1. The van der Waals surface area contributed by atoms with Crippen molar-refractivity contribution in [2.24, 2.45) is 5.92 Å². The first-order valence-corrected chi connectivity index (χ1v) is 7.46. The van der Waals surface area contributed by atoms with Crippen molar-refractivity contribution in [3.63, 3.8) is 0 Å². The Hall–Kier alpha value is 0.390. The number of rotatable bonds is 6. The van der Waals surface area contributed by atoms with Crippen LogP contribution in [0.1, 0.15) is 18.7 Å². The summed E-state index contributed by atoms with van der Waals surface area (Å²) < 4.78 is 1.19. The predicted molar refractivity (Wildman–Crippen MR) is 73.5 cm³/mol. The van der Waals surface area contributed by atoms with Crippen molar-refractivity contribution in [3.8, 4) is 0 Å². The van der Waals surface area contributed by atoms with Gasteiger partial charge in [-0.05, 0) is 23.8 Å². The summed E-state index contributed by atoms with van der Waals surface area (Å²) in [5, 5.41) is 5.75. The molecule has 0 radical (unpaired) electrons. The molecular weight excluding hydrogens is 305 g/mol. The maximum atomic E-state index is 3.61. The molecule has 0 aliphatic rings. The smallest absolute Gasteiger partial charge is 0.0180 e. The Balaban J connectivity index is 2.20. The van der Waals surface area contributed by atoms with Gasteiger partial charge < -0.3 is 5.32 Å². The number of halogens is 1. The molecule has 1 aromatic rings. The Morgan fingerprint density at radius 1 is 1.50 bits per heavy atom. The van der Waals surface area contributed by atoms with Crippen LogP contribution in [0.4, 0.5) is 0 Å². The molecule has 0 aromatic carbocycles. The van der Waals surface area contributed by atoms with E-state index in [1.807, 2.05) is 11.3 Å². The lowest BCUT2D eigenvalue weighted by Gasteiger charge is -2.19. The van der Waals surface area contributed by atoms with Crippen molar-refractivity contribution in [1.82, 2.24) is 5.32 Å². The lowest BCUT2D eigenvalue weighted by Crippen LogP contribution is -2.36. The summed E-state index contributed by atoms with van der Waals surface area (Å²) in [4.78, 5) is 1.48. The van der Waals surface area contributed by atoms with Crippen molar-refractivity contribution in [2.75, 3.05) is 11.0 Å². The molecule has 0 saturated heterocycles. The van der Waals surface area contributed by atoms with E-state index >= 15 is 0 Å². The van der Waals surface area contributed by atoms with Gasteiger partial charge in [-0.15, -0.1) is 11.3 Å². The van der Waals surface area contributed by atoms with Gasteiger partial charge in [0.05, 0.1) is 0 Å². The Morgan fingerprint density at radius 2 is 2.29 bits per heavy atom. The van der Waals surface area contributed by atoms with E-state index in [2.05, 4.69) is 59.3 Å². The van der Waals surface area contributed by atoms with Crippen LogP contribution in [-0.4, -0.2) is 17.0 Å². The highest BCUT2D eigenvalue weighted by molar-refractivity contribution is 14.1. The molecule has 0 amide bonds. The molecule has 1 rings (SSSR count). The minimum atomic E-state index is 0.663. The van der Waals surface area contributed by atoms with Crippen LogP contribution >= 0.6 is 33.9 Å².